The molecular weight excluding hydrogens is 169 g/mol. The van der Waals surface area contributed by atoms with Gasteiger partial charge in [0.1, 0.15) is 0 Å². The number of carbonyl (C=O) groups excluding carboxylic acids is 1. The Morgan fingerprint density at radius 2 is 2.00 bits per heavy atom. The molecule has 4 heteroatoms. The summed E-state index contributed by atoms with van der Waals surface area (Å²) in [4.78, 5) is 11.6. The van der Waals surface area contributed by atoms with Crippen molar-refractivity contribution in [2.75, 3.05) is 5.32 Å². The van der Waals surface area contributed by atoms with E-state index in [9.17, 15) is 4.79 Å². The highest BCUT2D eigenvalue weighted by molar-refractivity contribution is 8.19. The first-order chi connectivity index (χ1) is 5.72. The molecule has 0 heterocycles. The van der Waals surface area contributed by atoms with Gasteiger partial charge in [0.05, 0.1) is 0 Å². The molecule has 0 saturated carbocycles. The smallest absolute Gasteiger partial charge is 0.221 e. The van der Waals surface area contributed by atoms with E-state index in [1.807, 2.05) is 24.3 Å². The van der Waals surface area contributed by atoms with E-state index in [0.29, 0.717) is 0 Å². The predicted molar refractivity (Wildman–Crippen MR) is 52.4 cm³/mol. The average Bonchev–Trinajstić information content (AvgIpc) is 2.05. The standard InChI is InChI=1S/C8H8BNOS/c1-6(11)10-7-2-4-8(12-9)5-3-7/h2-5H,1H3,(H,10,11). The number of hydrogen-bond donors (Lipinski definition) is 1. The zero-order chi connectivity index (χ0) is 8.97. The van der Waals surface area contributed by atoms with Crippen LogP contribution in [0.15, 0.2) is 29.2 Å². The van der Waals surface area contributed by atoms with Crippen LogP contribution in [0.2, 0.25) is 0 Å². The molecule has 1 amide bonds. The van der Waals surface area contributed by atoms with Gasteiger partial charge in [-0.2, -0.15) is 11.6 Å². The van der Waals surface area contributed by atoms with Crippen molar-refractivity contribution in [3.05, 3.63) is 24.3 Å². The highest BCUT2D eigenvalue weighted by Crippen LogP contribution is 2.16. The van der Waals surface area contributed by atoms with E-state index in [1.54, 1.807) is 0 Å². The van der Waals surface area contributed by atoms with Gasteiger partial charge in [-0.1, -0.05) is 0 Å². The van der Waals surface area contributed by atoms with Crippen LogP contribution in [0.5, 0.6) is 0 Å². The summed E-state index contributed by atoms with van der Waals surface area (Å²) in [5.74, 6) is -0.0665. The van der Waals surface area contributed by atoms with Gasteiger partial charge in [0.15, 0.2) is 7.12 Å². The van der Waals surface area contributed by atoms with Crippen molar-refractivity contribution in [1.29, 1.82) is 0 Å². The van der Waals surface area contributed by atoms with Crippen molar-refractivity contribution in [2.45, 2.75) is 11.8 Å². The fourth-order valence-corrected chi connectivity index (χ4v) is 1.11. The van der Waals surface area contributed by atoms with Crippen LogP contribution < -0.4 is 5.32 Å². The first-order valence-corrected chi connectivity index (χ1v) is 4.34. The number of benzene rings is 1. The SMILES string of the molecule is [B]Sc1ccc(NC(C)=O)cc1. The second-order valence-corrected chi connectivity index (χ2v) is 3.03. The minimum atomic E-state index is -0.0665. The second kappa shape index (κ2) is 4.21. The molecule has 0 aliphatic carbocycles. The van der Waals surface area contributed by atoms with Gasteiger partial charge in [-0.05, 0) is 29.2 Å². The maximum absolute atomic E-state index is 10.6. The first kappa shape index (κ1) is 9.19. The molecule has 0 spiro atoms. The van der Waals surface area contributed by atoms with E-state index >= 15 is 0 Å². The van der Waals surface area contributed by atoms with Crippen LogP contribution in [0.1, 0.15) is 6.92 Å². The van der Waals surface area contributed by atoms with Gasteiger partial charge >= 0.3 is 0 Å². The van der Waals surface area contributed by atoms with Crippen LogP contribution in [0.3, 0.4) is 0 Å². The Morgan fingerprint density at radius 3 is 2.42 bits per heavy atom. The molecule has 60 valence electrons. The lowest BCUT2D eigenvalue weighted by atomic mass is 10.3. The third-order valence-electron chi connectivity index (χ3n) is 1.31. The molecular formula is C8H8BNOS. The fraction of sp³-hybridized carbons (Fsp3) is 0.125. The van der Waals surface area contributed by atoms with Crippen LogP contribution in [0.25, 0.3) is 0 Å². The number of hydrogen-bond acceptors (Lipinski definition) is 2. The second-order valence-electron chi connectivity index (χ2n) is 2.32. The lowest BCUT2D eigenvalue weighted by Crippen LogP contribution is -2.05. The predicted octanol–water partition coefficient (Wildman–Crippen LogP) is 1.82. The molecule has 1 N–H and O–H groups in total. The summed E-state index contributed by atoms with van der Waals surface area (Å²) >= 11 is 1.18. The van der Waals surface area contributed by atoms with Crippen LogP contribution in [0.4, 0.5) is 5.69 Å². The molecule has 0 atom stereocenters. The third kappa shape index (κ3) is 2.62. The highest BCUT2D eigenvalue weighted by atomic mass is 32.2. The van der Waals surface area contributed by atoms with E-state index in [-0.39, 0.29) is 5.91 Å². The quantitative estimate of drug-likeness (QED) is 0.698. The molecule has 0 unspecified atom stereocenters. The Hall–Kier alpha value is -0.895. The lowest BCUT2D eigenvalue weighted by Gasteiger charge is -2.01. The maximum Gasteiger partial charge on any atom is 0.221 e. The molecule has 0 aliphatic rings. The molecule has 0 aliphatic heterocycles. The Kier molecular flexibility index (Phi) is 3.23. The van der Waals surface area contributed by atoms with Crippen molar-refractivity contribution >= 4 is 30.3 Å². The lowest BCUT2D eigenvalue weighted by molar-refractivity contribution is -0.114. The van der Waals surface area contributed by atoms with E-state index in [4.69, 9.17) is 7.12 Å². The van der Waals surface area contributed by atoms with Crippen LogP contribution >= 0.6 is 11.6 Å². The fourth-order valence-electron chi connectivity index (χ4n) is 0.820. The summed E-state index contributed by atoms with van der Waals surface area (Å²) < 4.78 is 0. The molecule has 2 nitrogen and oxygen atoms in total. The van der Waals surface area contributed by atoms with Gasteiger partial charge in [-0.3, -0.25) is 4.79 Å². The zero-order valence-electron chi connectivity index (χ0n) is 6.70. The molecule has 0 aromatic heterocycles. The average molecular weight is 177 g/mol. The summed E-state index contributed by atoms with van der Waals surface area (Å²) in [5.41, 5.74) is 0.792. The van der Waals surface area contributed by atoms with Gasteiger partial charge in [-0.15, -0.1) is 0 Å². The zero-order valence-corrected chi connectivity index (χ0v) is 7.52. The largest absolute Gasteiger partial charge is 0.326 e. The maximum atomic E-state index is 10.6. The first-order valence-electron chi connectivity index (χ1n) is 3.47. The highest BCUT2D eigenvalue weighted by Gasteiger charge is 1.94. The van der Waals surface area contributed by atoms with Crippen molar-refractivity contribution in [3.63, 3.8) is 0 Å². The number of carbonyl (C=O) groups is 1. The van der Waals surface area contributed by atoms with Gasteiger partial charge in [-0.25, -0.2) is 0 Å². The van der Waals surface area contributed by atoms with Crippen LogP contribution in [-0.2, 0) is 4.79 Å². The normalized spacial score (nSPS) is 9.42. The minimum absolute atomic E-state index is 0.0665. The summed E-state index contributed by atoms with van der Waals surface area (Å²) in [6.07, 6.45) is 0. The molecule has 1 aromatic carbocycles. The number of nitrogens with one attached hydrogen (secondary N) is 1. The number of anilines is 1. The van der Waals surface area contributed by atoms with Crippen molar-refractivity contribution in [3.8, 4) is 0 Å². The molecule has 1 aromatic rings. The Labute approximate surface area is 77.0 Å². The molecule has 1 rings (SSSR count). The van der Waals surface area contributed by atoms with Gasteiger partial charge in [0.2, 0.25) is 5.91 Å². The van der Waals surface area contributed by atoms with E-state index in [0.717, 1.165) is 10.6 Å². The van der Waals surface area contributed by atoms with Crippen molar-refractivity contribution < 1.29 is 4.79 Å². The van der Waals surface area contributed by atoms with E-state index in [1.165, 1.54) is 18.5 Å². The molecule has 12 heavy (non-hydrogen) atoms. The van der Waals surface area contributed by atoms with Gasteiger partial charge in [0.25, 0.3) is 0 Å². The number of rotatable bonds is 2. The third-order valence-corrected chi connectivity index (χ3v) is 1.86. The number of amides is 1. The Balaban J connectivity index is 2.71. The Bertz CT molecular complexity index is 273. The summed E-state index contributed by atoms with van der Waals surface area (Å²) in [5, 5.41) is 2.67. The molecule has 0 saturated heterocycles. The minimum Gasteiger partial charge on any atom is -0.326 e. The monoisotopic (exact) mass is 177 g/mol. The van der Waals surface area contributed by atoms with Gasteiger partial charge < -0.3 is 5.32 Å². The summed E-state index contributed by atoms with van der Waals surface area (Å²) in [6.45, 7) is 1.48. The van der Waals surface area contributed by atoms with Crippen molar-refractivity contribution in [2.24, 2.45) is 0 Å². The topological polar surface area (TPSA) is 29.1 Å². The molecule has 0 bridgehead atoms. The summed E-state index contributed by atoms with van der Waals surface area (Å²) in [7, 11) is 5.33. The summed E-state index contributed by atoms with van der Waals surface area (Å²) in [6, 6.07) is 7.35. The van der Waals surface area contributed by atoms with E-state index in [2.05, 4.69) is 5.32 Å². The molecule has 0 fully saturated rings. The van der Waals surface area contributed by atoms with Crippen molar-refractivity contribution in [1.82, 2.24) is 0 Å². The van der Waals surface area contributed by atoms with Crippen LogP contribution in [-0.4, -0.2) is 13.0 Å². The van der Waals surface area contributed by atoms with Crippen LogP contribution in [0, 0.1) is 0 Å². The van der Waals surface area contributed by atoms with Gasteiger partial charge in [0, 0.05) is 12.6 Å². The Morgan fingerprint density at radius 1 is 1.42 bits per heavy atom. The van der Waals surface area contributed by atoms with E-state index < -0.39 is 0 Å². The molecule has 2 radical (unpaired) electrons.